The van der Waals surface area contributed by atoms with E-state index in [-0.39, 0.29) is 24.7 Å². The summed E-state index contributed by atoms with van der Waals surface area (Å²) in [5.41, 5.74) is 7.96. The molecule has 3 heterocycles. The number of amidine groups is 1. The van der Waals surface area contributed by atoms with Crippen molar-refractivity contribution in [1.29, 1.82) is 0 Å². The molecular weight excluding hydrogens is 294 g/mol. The average molecular weight is 313 g/mol. The molecule has 1 aromatic carbocycles. The van der Waals surface area contributed by atoms with Gasteiger partial charge in [-0.3, -0.25) is 10.2 Å². The SMILES string of the molecule is O=C(O)CCC1=NNC2C3CC(c4ccccc4)NN3C=CN12. The fourth-order valence-corrected chi connectivity index (χ4v) is 3.43. The van der Waals surface area contributed by atoms with Crippen molar-refractivity contribution in [3.63, 3.8) is 0 Å². The van der Waals surface area contributed by atoms with Crippen LogP contribution in [-0.2, 0) is 4.79 Å². The molecule has 0 amide bonds. The number of fused-ring (bicyclic) bond motifs is 3. The van der Waals surface area contributed by atoms with E-state index >= 15 is 0 Å². The van der Waals surface area contributed by atoms with Crippen molar-refractivity contribution < 1.29 is 9.90 Å². The molecular formula is C16H19N5O2. The van der Waals surface area contributed by atoms with Crippen LogP contribution in [0.1, 0.15) is 30.9 Å². The highest BCUT2D eigenvalue weighted by Crippen LogP contribution is 2.34. The third-order valence-electron chi connectivity index (χ3n) is 4.58. The van der Waals surface area contributed by atoms with Gasteiger partial charge in [-0.05, 0) is 12.0 Å². The van der Waals surface area contributed by atoms with Crippen molar-refractivity contribution in [2.24, 2.45) is 5.10 Å². The highest BCUT2D eigenvalue weighted by atomic mass is 16.4. The molecule has 7 nitrogen and oxygen atoms in total. The van der Waals surface area contributed by atoms with Crippen LogP contribution >= 0.6 is 0 Å². The van der Waals surface area contributed by atoms with E-state index in [1.165, 1.54) is 5.56 Å². The molecule has 3 aliphatic rings. The van der Waals surface area contributed by atoms with Gasteiger partial charge in [-0.1, -0.05) is 30.3 Å². The van der Waals surface area contributed by atoms with Crippen LogP contribution < -0.4 is 10.9 Å². The van der Waals surface area contributed by atoms with E-state index in [1.807, 2.05) is 18.5 Å². The number of rotatable bonds is 4. The van der Waals surface area contributed by atoms with Crippen LogP contribution in [0.2, 0.25) is 0 Å². The van der Waals surface area contributed by atoms with Crippen LogP contribution in [-0.4, -0.2) is 39.0 Å². The molecule has 0 radical (unpaired) electrons. The Hall–Kier alpha value is -2.54. The standard InChI is InChI=1S/C16H19N5O2/c22-15(23)7-6-14-17-18-16-13-10-12(11-4-2-1-3-5-11)19-21(13)9-8-20(14)16/h1-5,8-9,12-13,16,18-19H,6-7,10H2,(H,22,23). The predicted molar refractivity (Wildman–Crippen MR) is 84.8 cm³/mol. The summed E-state index contributed by atoms with van der Waals surface area (Å²) < 4.78 is 0. The molecule has 0 aliphatic carbocycles. The van der Waals surface area contributed by atoms with Crippen LogP contribution in [0, 0.1) is 0 Å². The molecule has 0 spiro atoms. The number of carboxylic acids is 1. The zero-order valence-corrected chi connectivity index (χ0v) is 12.6. The fourth-order valence-electron chi connectivity index (χ4n) is 3.43. The van der Waals surface area contributed by atoms with Crippen LogP contribution in [0.5, 0.6) is 0 Å². The second-order valence-electron chi connectivity index (χ2n) is 6.00. The summed E-state index contributed by atoms with van der Waals surface area (Å²) in [6, 6.07) is 10.9. The maximum Gasteiger partial charge on any atom is 0.303 e. The maximum absolute atomic E-state index is 10.8. The lowest BCUT2D eigenvalue weighted by Crippen LogP contribution is -2.54. The lowest BCUT2D eigenvalue weighted by atomic mass is 10.00. The molecule has 3 atom stereocenters. The highest BCUT2D eigenvalue weighted by Gasteiger charge is 2.43. The maximum atomic E-state index is 10.8. The van der Waals surface area contributed by atoms with Crippen molar-refractivity contribution in [3.8, 4) is 0 Å². The number of hydrazine groups is 1. The normalized spacial score (nSPS) is 28.2. The van der Waals surface area contributed by atoms with Crippen LogP contribution in [0.3, 0.4) is 0 Å². The minimum absolute atomic E-state index is 0.0463. The van der Waals surface area contributed by atoms with Crippen molar-refractivity contribution in [2.45, 2.75) is 37.5 Å². The summed E-state index contributed by atoms with van der Waals surface area (Å²) in [6.45, 7) is 0. The number of carboxylic acid groups (broad SMARTS) is 1. The summed E-state index contributed by atoms with van der Waals surface area (Å²) >= 11 is 0. The molecule has 3 aliphatic heterocycles. The lowest BCUT2D eigenvalue weighted by Gasteiger charge is -2.37. The summed E-state index contributed by atoms with van der Waals surface area (Å²) in [7, 11) is 0. The van der Waals surface area contributed by atoms with Gasteiger partial charge in [0.1, 0.15) is 12.0 Å². The number of hydrazone groups is 1. The Balaban J connectivity index is 1.47. The van der Waals surface area contributed by atoms with Gasteiger partial charge in [0.25, 0.3) is 0 Å². The van der Waals surface area contributed by atoms with E-state index in [9.17, 15) is 4.79 Å². The molecule has 3 N–H and O–H groups in total. The zero-order chi connectivity index (χ0) is 15.8. The van der Waals surface area contributed by atoms with Gasteiger partial charge >= 0.3 is 5.97 Å². The van der Waals surface area contributed by atoms with Gasteiger partial charge in [0, 0.05) is 18.8 Å². The van der Waals surface area contributed by atoms with E-state index in [0.717, 1.165) is 12.3 Å². The molecule has 4 rings (SSSR count). The van der Waals surface area contributed by atoms with Gasteiger partial charge in [0.15, 0.2) is 0 Å². The molecule has 0 bridgehead atoms. The average Bonchev–Trinajstić information content (AvgIpc) is 3.17. The first-order valence-electron chi connectivity index (χ1n) is 7.82. The van der Waals surface area contributed by atoms with Gasteiger partial charge in [0.05, 0.1) is 18.5 Å². The second-order valence-corrected chi connectivity index (χ2v) is 6.00. The first-order chi connectivity index (χ1) is 11.2. The number of carbonyl (C=O) groups is 1. The topological polar surface area (TPSA) is 80.2 Å². The van der Waals surface area contributed by atoms with Gasteiger partial charge < -0.3 is 15.0 Å². The number of hydrogen-bond acceptors (Lipinski definition) is 6. The Labute approximate surface area is 134 Å². The molecule has 120 valence electrons. The number of nitrogens with one attached hydrogen (secondary N) is 2. The first kappa shape index (κ1) is 14.1. The Morgan fingerprint density at radius 3 is 2.91 bits per heavy atom. The van der Waals surface area contributed by atoms with Crippen LogP contribution in [0.25, 0.3) is 0 Å². The van der Waals surface area contributed by atoms with Gasteiger partial charge in [-0.15, -0.1) is 0 Å². The van der Waals surface area contributed by atoms with Crippen molar-refractivity contribution >= 4 is 11.8 Å². The summed E-state index contributed by atoms with van der Waals surface area (Å²) in [5, 5.41) is 15.3. The minimum Gasteiger partial charge on any atom is -0.481 e. The highest BCUT2D eigenvalue weighted by molar-refractivity contribution is 5.87. The number of hydrogen-bond donors (Lipinski definition) is 3. The van der Waals surface area contributed by atoms with E-state index < -0.39 is 5.97 Å². The first-order valence-corrected chi connectivity index (χ1v) is 7.82. The number of benzene rings is 1. The van der Waals surface area contributed by atoms with E-state index in [2.05, 4.69) is 50.1 Å². The smallest absolute Gasteiger partial charge is 0.303 e. The third-order valence-corrected chi connectivity index (χ3v) is 4.58. The molecule has 23 heavy (non-hydrogen) atoms. The fraction of sp³-hybridized carbons (Fsp3) is 0.375. The predicted octanol–water partition coefficient (Wildman–Crippen LogP) is 1.20. The summed E-state index contributed by atoms with van der Waals surface area (Å²) in [5.74, 6) is -0.0121. The van der Waals surface area contributed by atoms with E-state index in [4.69, 9.17) is 5.11 Å². The quantitative estimate of drug-likeness (QED) is 0.775. The van der Waals surface area contributed by atoms with Gasteiger partial charge in [0.2, 0.25) is 0 Å². The Morgan fingerprint density at radius 2 is 2.13 bits per heavy atom. The Kier molecular flexibility index (Phi) is 3.42. The largest absolute Gasteiger partial charge is 0.481 e. The molecule has 0 saturated carbocycles. The van der Waals surface area contributed by atoms with Gasteiger partial charge in [-0.25, -0.2) is 5.43 Å². The summed E-state index contributed by atoms with van der Waals surface area (Å²) in [6.07, 6.45) is 5.51. The molecule has 1 aromatic rings. The molecule has 3 unspecified atom stereocenters. The molecule has 1 fully saturated rings. The van der Waals surface area contributed by atoms with Crippen LogP contribution in [0.15, 0.2) is 47.8 Å². The van der Waals surface area contributed by atoms with Gasteiger partial charge in [-0.2, -0.15) is 5.10 Å². The number of nitrogens with zero attached hydrogens (tertiary/aromatic N) is 3. The van der Waals surface area contributed by atoms with Crippen LogP contribution in [0.4, 0.5) is 0 Å². The third kappa shape index (κ3) is 2.53. The zero-order valence-electron chi connectivity index (χ0n) is 12.6. The Morgan fingerprint density at radius 1 is 1.30 bits per heavy atom. The Bertz CT molecular complexity index is 660. The molecule has 7 heteroatoms. The monoisotopic (exact) mass is 313 g/mol. The van der Waals surface area contributed by atoms with E-state index in [1.54, 1.807) is 0 Å². The number of aliphatic carboxylic acids is 1. The lowest BCUT2D eigenvalue weighted by molar-refractivity contribution is -0.136. The van der Waals surface area contributed by atoms with E-state index in [0.29, 0.717) is 6.42 Å². The molecule has 0 aromatic heterocycles. The second kappa shape index (κ2) is 5.58. The molecule has 1 saturated heterocycles. The van der Waals surface area contributed by atoms with Crippen molar-refractivity contribution in [2.75, 3.05) is 0 Å². The minimum atomic E-state index is -0.801. The van der Waals surface area contributed by atoms with Crippen molar-refractivity contribution in [1.82, 2.24) is 20.8 Å². The summed E-state index contributed by atoms with van der Waals surface area (Å²) in [4.78, 5) is 12.8. The van der Waals surface area contributed by atoms with Crippen molar-refractivity contribution in [3.05, 3.63) is 48.3 Å².